The Morgan fingerprint density at radius 2 is 2.00 bits per heavy atom. The van der Waals surface area contributed by atoms with Crippen LogP contribution in [0.5, 0.6) is 0 Å². The smallest absolute Gasteiger partial charge is 0.107 e. The minimum atomic E-state index is 0.454. The van der Waals surface area contributed by atoms with Gasteiger partial charge < -0.3 is 0 Å². The second kappa shape index (κ2) is 4.18. The number of rotatable bonds is 3. The van der Waals surface area contributed by atoms with Gasteiger partial charge in [-0.05, 0) is 27.4 Å². The van der Waals surface area contributed by atoms with Crippen LogP contribution in [0.2, 0.25) is 0 Å². The van der Waals surface area contributed by atoms with Crippen LogP contribution in [0, 0.1) is 0 Å². The Kier molecular flexibility index (Phi) is 4.32. The van der Waals surface area contributed by atoms with Gasteiger partial charge in [0.25, 0.3) is 0 Å². The molecule has 0 aliphatic carbocycles. The average Bonchev–Trinajstić information content (AvgIpc) is 1.69. The molecule has 2 nitrogen and oxygen atoms in total. The van der Waals surface area contributed by atoms with Crippen LogP contribution in [0.15, 0.2) is 0 Å². The Bertz CT molecular complexity index is 52.4. The summed E-state index contributed by atoms with van der Waals surface area (Å²) in [5.74, 6) is 0. The zero-order valence-electron chi connectivity index (χ0n) is 5.93. The van der Waals surface area contributed by atoms with E-state index in [2.05, 4.69) is 30.6 Å². The Hall–Kier alpha value is 0.270. The van der Waals surface area contributed by atoms with Crippen molar-refractivity contribution in [3.05, 3.63) is 0 Å². The van der Waals surface area contributed by atoms with E-state index in [1.54, 1.807) is 11.8 Å². The van der Waals surface area contributed by atoms with Gasteiger partial charge in [0.2, 0.25) is 0 Å². The van der Waals surface area contributed by atoms with E-state index in [-0.39, 0.29) is 0 Å². The molecule has 3 heteroatoms. The van der Waals surface area contributed by atoms with Crippen molar-refractivity contribution in [1.29, 1.82) is 0 Å². The number of nitrogens with zero attached hydrogens (tertiary/aromatic N) is 1. The van der Waals surface area contributed by atoms with Gasteiger partial charge in [-0.1, -0.05) is 0 Å². The fourth-order valence-electron chi connectivity index (χ4n) is 0.587. The normalized spacial score (nSPS) is 14.6. The SMILES string of the molecule is CNC(SC)N(C)C. The van der Waals surface area contributed by atoms with Crippen LogP contribution in [0.1, 0.15) is 0 Å². The standard InChI is InChI=1S/C5H14N2S/c1-6-5(8-4)7(2)3/h5-6H,1-4H3. The van der Waals surface area contributed by atoms with Gasteiger partial charge in [-0.2, -0.15) is 0 Å². The minimum Gasteiger partial charge on any atom is -0.296 e. The van der Waals surface area contributed by atoms with E-state index in [1.165, 1.54) is 0 Å². The second-order valence-electron chi connectivity index (χ2n) is 1.84. The van der Waals surface area contributed by atoms with E-state index in [0.29, 0.717) is 5.50 Å². The van der Waals surface area contributed by atoms with Gasteiger partial charge in [-0.3, -0.25) is 10.2 Å². The van der Waals surface area contributed by atoms with Crippen molar-refractivity contribution < 1.29 is 0 Å². The van der Waals surface area contributed by atoms with Crippen molar-refractivity contribution in [3.63, 3.8) is 0 Å². The molecule has 0 fully saturated rings. The van der Waals surface area contributed by atoms with Crippen LogP contribution in [0.4, 0.5) is 0 Å². The summed E-state index contributed by atoms with van der Waals surface area (Å²) in [5.41, 5.74) is 0.454. The second-order valence-corrected chi connectivity index (χ2v) is 2.76. The number of thioether (sulfide) groups is 1. The Morgan fingerprint density at radius 1 is 1.50 bits per heavy atom. The van der Waals surface area contributed by atoms with E-state index < -0.39 is 0 Å². The molecule has 0 spiro atoms. The lowest BCUT2D eigenvalue weighted by atomic mass is 10.8. The maximum Gasteiger partial charge on any atom is 0.107 e. The van der Waals surface area contributed by atoms with Crippen molar-refractivity contribution >= 4 is 11.8 Å². The first kappa shape index (κ1) is 8.27. The molecule has 0 heterocycles. The molecule has 0 bridgehead atoms. The first-order valence-electron chi connectivity index (χ1n) is 2.59. The highest BCUT2D eigenvalue weighted by Crippen LogP contribution is 2.02. The monoisotopic (exact) mass is 134 g/mol. The molecule has 0 saturated heterocycles. The summed E-state index contributed by atoms with van der Waals surface area (Å²) in [6, 6.07) is 0. The number of hydrogen-bond donors (Lipinski definition) is 1. The van der Waals surface area contributed by atoms with Crippen LogP contribution in [0.3, 0.4) is 0 Å². The number of hydrogen-bond acceptors (Lipinski definition) is 3. The highest BCUT2D eigenvalue weighted by molar-refractivity contribution is 7.99. The summed E-state index contributed by atoms with van der Waals surface area (Å²) in [5, 5.41) is 3.14. The maximum absolute atomic E-state index is 3.14. The van der Waals surface area contributed by atoms with Crippen molar-refractivity contribution in [3.8, 4) is 0 Å². The van der Waals surface area contributed by atoms with E-state index in [4.69, 9.17) is 0 Å². The lowest BCUT2D eigenvalue weighted by molar-refractivity contribution is 0.351. The predicted molar refractivity (Wildman–Crippen MR) is 40.0 cm³/mol. The van der Waals surface area contributed by atoms with E-state index in [9.17, 15) is 0 Å². The van der Waals surface area contributed by atoms with Crippen molar-refractivity contribution in [2.75, 3.05) is 27.4 Å². The molecule has 1 N–H and O–H groups in total. The minimum absolute atomic E-state index is 0.454. The van der Waals surface area contributed by atoms with Crippen LogP contribution >= 0.6 is 11.8 Å². The molecular formula is C5H14N2S. The van der Waals surface area contributed by atoms with Gasteiger partial charge in [0.1, 0.15) is 5.50 Å². The Balaban J connectivity index is 3.35. The highest BCUT2D eigenvalue weighted by atomic mass is 32.2. The van der Waals surface area contributed by atoms with E-state index in [1.807, 2.05) is 7.05 Å². The first-order chi connectivity index (χ1) is 3.72. The summed E-state index contributed by atoms with van der Waals surface area (Å²) >= 11 is 1.79. The van der Waals surface area contributed by atoms with Gasteiger partial charge in [0, 0.05) is 0 Å². The third kappa shape index (κ3) is 2.55. The zero-order valence-corrected chi connectivity index (χ0v) is 6.75. The molecule has 0 aliphatic rings. The van der Waals surface area contributed by atoms with E-state index >= 15 is 0 Å². The first-order valence-corrected chi connectivity index (χ1v) is 3.87. The van der Waals surface area contributed by atoms with Crippen LogP contribution in [-0.2, 0) is 0 Å². The van der Waals surface area contributed by atoms with Crippen LogP contribution in [-0.4, -0.2) is 37.8 Å². The fourth-order valence-corrected chi connectivity index (χ4v) is 1.24. The zero-order chi connectivity index (χ0) is 6.57. The molecule has 0 amide bonds. The molecular weight excluding hydrogens is 120 g/mol. The van der Waals surface area contributed by atoms with Gasteiger partial charge in [-0.15, -0.1) is 11.8 Å². The summed E-state index contributed by atoms with van der Waals surface area (Å²) in [6.45, 7) is 0. The third-order valence-corrected chi connectivity index (χ3v) is 2.04. The molecule has 0 aliphatic heterocycles. The van der Waals surface area contributed by atoms with Gasteiger partial charge in [0.15, 0.2) is 0 Å². The molecule has 1 unspecified atom stereocenters. The van der Waals surface area contributed by atoms with Crippen molar-refractivity contribution in [2.45, 2.75) is 5.50 Å². The molecule has 0 radical (unpaired) electrons. The van der Waals surface area contributed by atoms with Crippen molar-refractivity contribution in [2.24, 2.45) is 0 Å². The van der Waals surface area contributed by atoms with E-state index in [0.717, 1.165) is 0 Å². The molecule has 0 saturated carbocycles. The van der Waals surface area contributed by atoms with Gasteiger partial charge >= 0.3 is 0 Å². The topological polar surface area (TPSA) is 15.3 Å². The third-order valence-electron chi connectivity index (χ3n) is 0.939. The largest absolute Gasteiger partial charge is 0.296 e. The molecule has 0 aromatic rings. The molecule has 8 heavy (non-hydrogen) atoms. The van der Waals surface area contributed by atoms with Gasteiger partial charge in [0.05, 0.1) is 0 Å². The van der Waals surface area contributed by atoms with Gasteiger partial charge in [-0.25, -0.2) is 0 Å². The Morgan fingerprint density at radius 3 is 2.00 bits per heavy atom. The predicted octanol–water partition coefficient (Wildman–Crippen LogP) is 0.414. The quantitative estimate of drug-likeness (QED) is 0.563. The van der Waals surface area contributed by atoms with Crippen LogP contribution in [0.25, 0.3) is 0 Å². The summed E-state index contributed by atoms with van der Waals surface area (Å²) in [7, 11) is 6.07. The molecule has 50 valence electrons. The Labute approximate surface area is 55.6 Å². The lowest BCUT2D eigenvalue weighted by Gasteiger charge is -2.20. The number of nitrogens with one attached hydrogen (secondary N) is 1. The molecule has 0 rings (SSSR count). The lowest BCUT2D eigenvalue weighted by Crippen LogP contribution is -2.35. The van der Waals surface area contributed by atoms with Crippen molar-refractivity contribution in [1.82, 2.24) is 10.2 Å². The average molecular weight is 134 g/mol. The van der Waals surface area contributed by atoms with Crippen LogP contribution < -0.4 is 5.32 Å². The molecule has 1 atom stereocenters. The maximum atomic E-state index is 3.14. The summed E-state index contributed by atoms with van der Waals surface area (Å²) in [6.07, 6.45) is 2.08. The highest BCUT2D eigenvalue weighted by Gasteiger charge is 2.02. The fraction of sp³-hybridized carbons (Fsp3) is 1.00. The summed E-state index contributed by atoms with van der Waals surface area (Å²) in [4.78, 5) is 2.13. The molecule has 0 aromatic carbocycles. The molecule has 0 aromatic heterocycles. The summed E-state index contributed by atoms with van der Waals surface area (Å²) < 4.78 is 0.